The van der Waals surface area contributed by atoms with Crippen molar-refractivity contribution in [3.8, 4) is 11.5 Å². The van der Waals surface area contributed by atoms with Gasteiger partial charge in [-0.2, -0.15) is 0 Å². The third kappa shape index (κ3) is 4.96. The fourth-order valence-corrected chi connectivity index (χ4v) is 3.18. The average Bonchev–Trinajstić information content (AvgIpc) is 2.69. The Morgan fingerprint density at radius 3 is 2.52 bits per heavy atom. The molecule has 0 saturated carbocycles. The Balaban J connectivity index is 1.64. The van der Waals surface area contributed by atoms with Gasteiger partial charge in [0.1, 0.15) is 23.7 Å². The van der Waals surface area contributed by atoms with Crippen LogP contribution in [0.5, 0.6) is 11.5 Å². The lowest BCUT2D eigenvalue weighted by molar-refractivity contribution is -0.147. The summed E-state index contributed by atoms with van der Waals surface area (Å²) >= 11 is 0. The van der Waals surface area contributed by atoms with Gasteiger partial charge in [0, 0.05) is 23.1 Å². The maximum Gasteiger partial charge on any atom is 0.344 e. The smallest absolute Gasteiger partial charge is 0.344 e. The van der Waals surface area contributed by atoms with Crippen molar-refractivity contribution in [3.63, 3.8) is 0 Å². The molecule has 0 aliphatic carbocycles. The van der Waals surface area contributed by atoms with Gasteiger partial charge in [-0.05, 0) is 48.2 Å². The maximum absolute atomic E-state index is 12.1. The van der Waals surface area contributed by atoms with E-state index < -0.39 is 11.6 Å². The average molecular weight is 396 g/mol. The predicted octanol–water partition coefficient (Wildman–Crippen LogP) is 4.36. The third-order valence-corrected chi connectivity index (χ3v) is 4.65. The second-order valence-electron chi connectivity index (χ2n) is 7.08. The van der Waals surface area contributed by atoms with Crippen LogP contribution in [0.15, 0.2) is 51.7 Å². The summed E-state index contributed by atoms with van der Waals surface area (Å²) in [5.41, 5.74) is 2.77. The molecule has 1 heterocycles. The number of benzene rings is 2. The number of esters is 1. The molecule has 1 aromatic heterocycles. The van der Waals surface area contributed by atoms with Crippen LogP contribution in [0.2, 0.25) is 0 Å². The summed E-state index contributed by atoms with van der Waals surface area (Å²) in [4.78, 5) is 23.9. The Morgan fingerprint density at radius 2 is 1.83 bits per heavy atom. The van der Waals surface area contributed by atoms with Gasteiger partial charge in [0.05, 0.1) is 7.11 Å². The van der Waals surface area contributed by atoms with E-state index in [1.807, 2.05) is 25.1 Å². The number of hydrogen-bond donors (Lipinski definition) is 0. The Kier molecular flexibility index (Phi) is 6.22. The third-order valence-electron chi connectivity index (χ3n) is 4.65. The molecule has 0 N–H and O–H groups in total. The van der Waals surface area contributed by atoms with Gasteiger partial charge in [-0.15, -0.1) is 0 Å². The normalized spacial score (nSPS) is 10.9. The lowest BCUT2D eigenvalue weighted by Crippen LogP contribution is -2.15. The molecular weight excluding hydrogens is 372 g/mol. The van der Waals surface area contributed by atoms with Crippen LogP contribution in [0.25, 0.3) is 11.0 Å². The minimum Gasteiger partial charge on any atom is -0.497 e. The fourth-order valence-electron chi connectivity index (χ4n) is 3.18. The predicted molar refractivity (Wildman–Crippen MR) is 110 cm³/mol. The molecule has 0 aliphatic heterocycles. The summed E-state index contributed by atoms with van der Waals surface area (Å²) in [5.74, 6) is 1.08. The Morgan fingerprint density at radius 1 is 1.07 bits per heavy atom. The molecule has 0 fully saturated rings. The highest BCUT2D eigenvalue weighted by Gasteiger charge is 2.11. The summed E-state index contributed by atoms with van der Waals surface area (Å²) in [7, 11) is 1.53. The first kappa shape index (κ1) is 20.5. The zero-order valence-electron chi connectivity index (χ0n) is 17.0. The largest absolute Gasteiger partial charge is 0.497 e. The quantitative estimate of drug-likeness (QED) is 0.436. The maximum atomic E-state index is 12.1. The number of fused-ring (bicyclic) bond motifs is 1. The molecule has 0 atom stereocenters. The van der Waals surface area contributed by atoms with Crippen LogP contribution in [-0.2, 0) is 16.1 Å². The van der Waals surface area contributed by atoms with E-state index in [1.54, 1.807) is 18.2 Å². The minimum absolute atomic E-state index is 0.0536. The van der Waals surface area contributed by atoms with Gasteiger partial charge in [0.15, 0.2) is 6.61 Å². The number of hydrogen-bond acceptors (Lipinski definition) is 6. The van der Waals surface area contributed by atoms with Crippen molar-refractivity contribution >= 4 is 16.9 Å². The van der Waals surface area contributed by atoms with Crippen LogP contribution in [0.1, 0.15) is 36.5 Å². The van der Waals surface area contributed by atoms with Crippen LogP contribution in [0.3, 0.4) is 0 Å². The lowest BCUT2D eigenvalue weighted by atomic mass is 9.98. The monoisotopic (exact) mass is 396 g/mol. The van der Waals surface area contributed by atoms with Crippen molar-refractivity contribution in [1.29, 1.82) is 0 Å². The molecule has 0 radical (unpaired) electrons. The van der Waals surface area contributed by atoms with Crippen molar-refractivity contribution in [3.05, 3.63) is 69.6 Å². The van der Waals surface area contributed by atoms with E-state index in [0.29, 0.717) is 33.9 Å². The molecule has 6 heteroatoms. The molecule has 0 unspecified atom stereocenters. The van der Waals surface area contributed by atoms with Gasteiger partial charge in [-0.25, -0.2) is 9.59 Å². The van der Waals surface area contributed by atoms with Gasteiger partial charge < -0.3 is 18.6 Å². The van der Waals surface area contributed by atoms with Crippen molar-refractivity contribution in [2.45, 2.75) is 33.3 Å². The first-order valence-electron chi connectivity index (χ1n) is 9.37. The molecule has 6 nitrogen and oxygen atoms in total. The summed E-state index contributed by atoms with van der Waals surface area (Å²) in [6, 6.07) is 12.2. The summed E-state index contributed by atoms with van der Waals surface area (Å²) in [5, 5.41) is 0.680. The second-order valence-corrected chi connectivity index (χ2v) is 7.08. The first-order chi connectivity index (χ1) is 13.9. The highest BCUT2D eigenvalue weighted by atomic mass is 16.6. The zero-order valence-corrected chi connectivity index (χ0v) is 17.0. The molecule has 0 aliphatic rings. The Hall–Kier alpha value is -3.28. The molecule has 152 valence electrons. The van der Waals surface area contributed by atoms with Gasteiger partial charge >= 0.3 is 11.6 Å². The molecule has 2 aromatic carbocycles. The minimum atomic E-state index is -0.523. The van der Waals surface area contributed by atoms with Crippen LogP contribution >= 0.6 is 0 Å². The van der Waals surface area contributed by atoms with Gasteiger partial charge in [0.25, 0.3) is 0 Å². The van der Waals surface area contributed by atoms with Crippen LogP contribution in [0, 0.1) is 6.92 Å². The lowest BCUT2D eigenvalue weighted by Gasteiger charge is -2.12. The van der Waals surface area contributed by atoms with E-state index >= 15 is 0 Å². The van der Waals surface area contributed by atoms with Crippen molar-refractivity contribution in [2.75, 3.05) is 13.7 Å². The zero-order chi connectivity index (χ0) is 21.0. The molecule has 3 rings (SSSR count). The van der Waals surface area contributed by atoms with Gasteiger partial charge in [-0.3, -0.25) is 0 Å². The fraction of sp³-hybridized carbons (Fsp3) is 0.304. The van der Waals surface area contributed by atoms with Crippen LogP contribution in [-0.4, -0.2) is 19.7 Å². The van der Waals surface area contributed by atoms with Crippen molar-refractivity contribution in [2.24, 2.45) is 0 Å². The first-order valence-corrected chi connectivity index (χ1v) is 9.37. The van der Waals surface area contributed by atoms with E-state index in [4.69, 9.17) is 18.6 Å². The van der Waals surface area contributed by atoms with Crippen LogP contribution < -0.4 is 15.1 Å². The highest BCUT2D eigenvalue weighted by molar-refractivity contribution is 5.81. The molecule has 0 bridgehead atoms. The van der Waals surface area contributed by atoms with E-state index in [9.17, 15) is 9.59 Å². The Bertz CT molecular complexity index is 1080. The number of rotatable bonds is 7. The Labute approximate surface area is 169 Å². The standard InChI is InChI=1S/C23H24O6/c1-14(2)19-7-6-18(9-15(19)3)27-13-23(25)28-12-16-10-22(24)29-21-11-17(26-4)5-8-20(16)21/h5-11,14H,12-13H2,1-4H3. The number of aryl methyl sites for hydroxylation is 1. The molecule has 0 saturated heterocycles. The molecule has 0 spiro atoms. The summed E-state index contributed by atoms with van der Waals surface area (Å²) < 4.78 is 21.2. The van der Waals surface area contributed by atoms with E-state index in [-0.39, 0.29) is 13.2 Å². The number of carbonyl (C=O) groups excluding carboxylic acids is 1. The van der Waals surface area contributed by atoms with Gasteiger partial charge in [0.2, 0.25) is 0 Å². The molecular formula is C23H24O6. The molecule has 3 aromatic rings. The van der Waals surface area contributed by atoms with Crippen molar-refractivity contribution < 1.29 is 23.4 Å². The number of methoxy groups -OCH3 is 1. The summed E-state index contributed by atoms with van der Waals surface area (Å²) in [6.45, 7) is 6.01. The van der Waals surface area contributed by atoms with E-state index in [2.05, 4.69) is 13.8 Å². The highest BCUT2D eigenvalue weighted by Crippen LogP contribution is 2.24. The summed E-state index contributed by atoms with van der Waals surface area (Å²) in [6.07, 6.45) is 0. The van der Waals surface area contributed by atoms with E-state index in [0.717, 1.165) is 5.56 Å². The number of ether oxygens (including phenoxy) is 3. The number of carbonyl (C=O) groups is 1. The van der Waals surface area contributed by atoms with E-state index in [1.165, 1.54) is 18.7 Å². The molecule has 0 amide bonds. The SMILES string of the molecule is COc1ccc2c(COC(=O)COc3ccc(C(C)C)c(C)c3)cc(=O)oc2c1. The van der Waals surface area contributed by atoms with Crippen molar-refractivity contribution in [1.82, 2.24) is 0 Å². The van der Waals surface area contributed by atoms with Crippen LogP contribution in [0.4, 0.5) is 0 Å². The second kappa shape index (κ2) is 8.82. The molecule has 29 heavy (non-hydrogen) atoms. The topological polar surface area (TPSA) is 75.0 Å². The van der Waals surface area contributed by atoms with Gasteiger partial charge in [-0.1, -0.05) is 19.9 Å².